The minimum absolute atomic E-state index is 0.0326. The van der Waals surface area contributed by atoms with Crippen LogP contribution in [0.4, 0.5) is 0 Å². The molecule has 0 heterocycles. The van der Waals surface area contributed by atoms with E-state index >= 15 is 0 Å². The minimum atomic E-state index is 0.0326. The molecular weight excluding hydrogens is 164 g/mol. The van der Waals surface area contributed by atoms with Crippen LogP contribution in [0.25, 0.3) is 0 Å². The molecule has 2 N–H and O–H groups in total. The maximum Gasteiger partial charge on any atom is 0.216 e. The number of hydrogen-bond donors (Lipinski definition) is 2. The largest absolute Gasteiger partial charge is 0.355 e. The van der Waals surface area contributed by atoms with Crippen molar-refractivity contribution in [3.8, 4) is 0 Å². The Kier molecular flexibility index (Phi) is 4.99. The van der Waals surface area contributed by atoms with E-state index in [1.54, 1.807) is 0 Å². The van der Waals surface area contributed by atoms with Crippen LogP contribution in [0.3, 0.4) is 0 Å². The summed E-state index contributed by atoms with van der Waals surface area (Å²) in [4.78, 5) is 10.5. The quantitative estimate of drug-likeness (QED) is 0.647. The van der Waals surface area contributed by atoms with E-state index in [2.05, 4.69) is 38.3 Å². The molecule has 0 aromatic rings. The highest BCUT2D eigenvalue weighted by atomic mass is 16.1. The van der Waals surface area contributed by atoms with E-state index in [1.165, 1.54) is 6.92 Å². The summed E-state index contributed by atoms with van der Waals surface area (Å²) < 4.78 is 0. The number of carbonyl (C=O) groups excluding carboxylic acids is 1. The van der Waals surface area contributed by atoms with Crippen LogP contribution >= 0.6 is 0 Å². The number of nitrogens with one attached hydrogen (secondary N) is 2. The second-order valence-electron chi connectivity index (χ2n) is 4.52. The molecular formula is C10H22N2O. The maximum absolute atomic E-state index is 10.5. The summed E-state index contributed by atoms with van der Waals surface area (Å²) in [5, 5.41) is 6.11. The van der Waals surface area contributed by atoms with Crippen molar-refractivity contribution >= 4 is 5.91 Å². The lowest BCUT2D eigenvalue weighted by Gasteiger charge is -2.28. The summed E-state index contributed by atoms with van der Waals surface area (Å²) in [5.74, 6) is 0.0326. The zero-order valence-corrected chi connectivity index (χ0v) is 9.40. The van der Waals surface area contributed by atoms with Gasteiger partial charge in [0.05, 0.1) is 0 Å². The van der Waals surface area contributed by atoms with Crippen molar-refractivity contribution in [2.24, 2.45) is 5.41 Å². The van der Waals surface area contributed by atoms with Crippen molar-refractivity contribution in [2.75, 3.05) is 13.1 Å². The van der Waals surface area contributed by atoms with E-state index in [4.69, 9.17) is 0 Å². The van der Waals surface area contributed by atoms with Gasteiger partial charge >= 0.3 is 0 Å². The van der Waals surface area contributed by atoms with E-state index in [9.17, 15) is 4.79 Å². The van der Waals surface area contributed by atoms with Crippen LogP contribution in [-0.4, -0.2) is 25.0 Å². The second kappa shape index (κ2) is 5.22. The lowest BCUT2D eigenvalue weighted by atomic mass is 9.88. The molecule has 1 unspecified atom stereocenters. The van der Waals surface area contributed by atoms with Gasteiger partial charge in [0.15, 0.2) is 0 Å². The molecule has 0 aliphatic heterocycles. The third-order valence-corrected chi connectivity index (χ3v) is 2.25. The van der Waals surface area contributed by atoms with E-state index in [0.29, 0.717) is 12.6 Å². The highest BCUT2D eigenvalue weighted by molar-refractivity contribution is 5.72. The molecule has 1 amide bonds. The number of rotatable bonds is 4. The van der Waals surface area contributed by atoms with Crippen molar-refractivity contribution < 1.29 is 4.79 Å². The van der Waals surface area contributed by atoms with Crippen molar-refractivity contribution in [1.82, 2.24) is 10.6 Å². The Labute approximate surface area is 81.3 Å². The summed E-state index contributed by atoms with van der Waals surface area (Å²) in [6.45, 7) is 11.8. The number of hydrogen-bond acceptors (Lipinski definition) is 2. The van der Waals surface area contributed by atoms with Crippen molar-refractivity contribution in [1.29, 1.82) is 0 Å². The smallest absolute Gasteiger partial charge is 0.216 e. The molecule has 0 spiro atoms. The zero-order chi connectivity index (χ0) is 10.5. The lowest BCUT2D eigenvalue weighted by molar-refractivity contribution is -0.118. The number of carbonyl (C=O) groups is 1. The van der Waals surface area contributed by atoms with Gasteiger partial charge in [-0.1, -0.05) is 20.8 Å². The van der Waals surface area contributed by atoms with Gasteiger partial charge in [-0.3, -0.25) is 4.79 Å². The monoisotopic (exact) mass is 186 g/mol. The van der Waals surface area contributed by atoms with Crippen molar-refractivity contribution in [3.63, 3.8) is 0 Å². The molecule has 0 radical (unpaired) electrons. The molecule has 0 saturated heterocycles. The third kappa shape index (κ3) is 6.58. The average Bonchev–Trinajstić information content (AvgIpc) is 1.95. The summed E-state index contributed by atoms with van der Waals surface area (Å²) >= 11 is 0. The first-order valence-corrected chi connectivity index (χ1v) is 4.82. The van der Waals surface area contributed by atoms with E-state index in [-0.39, 0.29) is 11.3 Å². The minimum Gasteiger partial charge on any atom is -0.355 e. The van der Waals surface area contributed by atoms with Gasteiger partial charge in [0.1, 0.15) is 0 Å². The molecule has 78 valence electrons. The highest BCUT2D eigenvalue weighted by Gasteiger charge is 2.18. The maximum atomic E-state index is 10.5. The zero-order valence-electron chi connectivity index (χ0n) is 9.40. The average molecular weight is 186 g/mol. The fraction of sp³-hybridized carbons (Fsp3) is 0.900. The SMILES string of the molecule is CC(=O)NCCNC(C)C(C)(C)C. The van der Waals surface area contributed by atoms with Crippen molar-refractivity contribution in [3.05, 3.63) is 0 Å². The van der Waals surface area contributed by atoms with E-state index < -0.39 is 0 Å². The van der Waals surface area contributed by atoms with Crippen LogP contribution < -0.4 is 10.6 Å². The Morgan fingerprint density at radius 3 is 2.23 bits per heavy atom. The Morgan fingerprint density at radius 2 is 1.85 bits per heavy atom. The van der Waals surface area contributed by atoms with Crippen LogP contribution in [0.2, 0.25) is 0 Å². The fourth-order valence-corrected chi connectivity index (χ4v) is 0.833. The molecule has 0 saturated carbocycles. The topological polar surface area (TPSA) is 41.1 Å². The summed E-state index contributed by atoms with van der Waals surface area (Å²) in [6, 6.07) is 0.459. The molecule has 3 nitrogen and oxygen atoms in total. The molecule has 0 aromatic carbocycles. The predicted molar refractivity (Wildman–Crippen MR) is 55.6 cm³/mol. The summed E-state index contributed by atoms with van der Waals surface area (Å²) in [7, 11) is 0. The molecule has 3 heteroatoms. The first-order valence-electron chi connectivity index (χ1n) is 4.82. The third-order valence-electron chi connectivity index (χ3n) is 2.25. The second-order valence-corrected chi connectivity index (χ2v) is 4.52. The lowest BCUT2D eigenvalue weighted by Crippen LogP contribution is -2.41. The summed E-state index contributed by atoms with van der Waals surface area (Å²) in [6.07, 6.45) is 0. The van der Waals surface area contributed by atoms with Gasteiger partial charge < -0.3 is 10.6 Å². The Bertz CT molecular complexity index is 161. The molecule has 1 atom stereocenters. The van der Waals surface area contributed by atoms with Crippen LogP contribution in [0.15, 0.2) is 0 Å². The Balaban J connectivity index is 3.49. The molecule has 0 rings (SSSR count). The normalized spacial score (nSPS) is 13.9. The standard InChI is InChI=1S/C10H22N2O/c1-8(10(3,4)5)11-6-7-12-9(2)13/h8,11H,6-7H2,1-5H3,(H,12,13). The number of amides is 1. The Hall–Kier alpha value is -0.570. The van der Waals surface area contributed by atoms with Crippen LogP contribution in [0.1, 0.15) is 34.6 Å². The van der Waals surface area contributed by atoms with Gasteiger partial charge in [-0.2, -0.15) is 0 Å². The molecule has 0 bridgehead atoms. The van der Waals surface area contributed by atoms with Gasteiger partial charge in [-0.05, 0) is 12.3 Å². The van der Waals surface area contributed by atoms with Crippen molar-refractivity contribution in [2.45, 2.75) is 40.7 Å². The Morgan fingerprint density at radius 1 is 1.31 bits per heavy atom. The van der Waals surface area contributed by atoms with Gasteiger partial charge in [0, 0.05) is 26.1 Å². The van der Waals surface area contributed by atoms with Gasteiger partial charge in [-0.25, -0.2) is 0 Å². The first-order chi connectivity index (χ1) is 5.84. The molecule has 0 fully saturated rings. The first kappa shape index (κ1) is 12.4. The molecule has 0 aromatic heterocycles. The molecule has 0 aliphatic carbocycles. The molecule has 0 aliphatic rings. The van der Waals surface area contributed by atoms with Gasteiger partial charge in [-0.15, -0.1) is 0 Å². The van der Waals surface area contributed by atoms with E-state index in [0.717, 1.165) is 6.54 Å². The fourth-order valence-electron chi connectivity index (χ4n) is 0.833. The van der Waals surface area contributed by atoms with Crippen LogP contribution in [0.5, 0.6) is 0 Å². The summed E-state index contributed by atoms with van der Waals surface area (Å²) in [5.41, 5.74) is 0.274. The van der Waals surface area contributed by atoms with Gasteiger partial charge in [0.2, 0.25) is 5.91 Å². The predicted octanol–water partition coefficient (Wildman–Crippen LogP) is 1.15. The highest BCUT2D eigenvalue weighted by Crippen LogP contribution is 2.17. The van der Waals surface area contributed by atoms with Gasteiger partial charge in [0.25, 0.3) is 0 Å². The van der Waals surface area contributed by atoms with Crippen LogP contribution in [0, 0.1) is 5.41 Å². The molecule has 13 heavy (non-hydrogen) atoms. The van der Waals surface area contributed by atoms with Crippen LogP contribution in [-0.2, 0) is 4.79 Å². The van der Waals surface area contributed by atoms with E-state index in [1.807, 2.05) is 0 Å².